The van der Waals surface area contributed by atoms with Crippen molar-refractivity contribution in [3.8, 4) is 5.75 Å². The quantitative estimate of drug-likeness (QED) is 0.639. The molecule has 0 aliphatic rings. The zero-order valence-electron chi connectivity index (χ0n) is 14.6. The van der Waals surface area contributed by atoms with Crippen LogP contribution in [0.4, 0.5) is 0 Å². The van der Waals surface area contributed by atoms with Crippen LogP contribution in [0.3, 0.4) is 0 Å². The van der Waals surface area contributed by atoms with Gasteiger partial charge in [0.05, 0.1) is 17.6 Å². The van der Waals surface area contributed by atoms with Gasteiger partial charge in [0.1, 0.15) is 17.9 Å². The summed E-state index contributed by atoms with van der Waals surface area (Å²) in [5.41, 5.74) is 3.08. The van der Waals surface area contributed by atoms with E-state index in [-0.39, 0.29) is 6.61 Å². The SMILES string of the molecule is CC(C)=CC[C@@H](O)/C(C)=C/COc1cc(=O)oc2cccc(C)c12. The number of aliphatic hydroxyl groups is 1. The summed E-state index contributed by atoms with van der Waals surface area (Å²) in [5, 5.41) is 10.9. The van der Waals surface area contributed by atoms with Crippen LogP contribution in [-0.2, 0) is 0 Å². The van der Waals surface area contributed by atoms with Crippen molar-refractivity contribution >= 4 is 11.0 Å². The number of aliphatic hydroxyl groups excluding tert-OH is 1. The topological polar surface area (TPSA) is 59.7 Å². The summed E-state index contributed by atoms with van der Waals surface area (Å²) >= 11 is 0. The fraction of sp³-hybridized carbons (Fsp3) is 0.350. The van der Waals surface area contributed by atoms with Gasteiger partial charge in [0.15, 0.2) is 0 Å². The molecule has 0 saturated carbocycles. The number of fused-ring (bicyclic) bond motifs is 1. The Balaban J connectivity index is 2.15. The summed E-state index contributed by atoms with van der Waals surface area (Å²) < 4.78 is 11.0. The highest BCUT2D eigenvalue weighted by atomic mass is 16.5. The molecule has 2 rings (SSSR count). The Morgan fingerprint density at radius 3 is 2.75 bits per heavy atom. The van der Waals surface area contributed by atoms with E-state index in [1.165, 1.54) is 11.6 Å². The molecule has 0 radical (unpaired) electrons. The summed E-state index contributed by atoms with van der Waals surface area (Å²) in [4.78, 5) is 11.7. The molecule has 1 N–H and O–H groups in total. The summed E-state index contributed by atoms with van der Waals surface area (Å²) in [6.07, 6.45) is 3.90. The van der Waals surface area contributed by atoms with Gasteiger partial charge in [-0.25, -0.2) is 4.79 Å². The number of hydrogen-bond acceptors (Lipinski definition) is 4. The van der Waals surface area contributed by atoms with Crippen molar-refractivity contribution in [2.75, 3.05) is 6.61 Å². The zero-order valence-corrected chi connectivity index (χ0v) is 14.6. The van der Waals surface area contributed by atoms with Crippen molar-refractivity contribution in [3.63, 3.8) is 0 Å². The van der Waals surface area contributed by atoms with Gasteiger partial charge in [-0.1, -0.05) is 23.8 Å². The van der Waals surface area contributed by atoms with Gasteiger partial charge in [0.25, 0.3) is 0 Å². The maximum Gasteiger partial charge on any atom is 0.339 e. The maximum absolute atomic E-state index is 11.7. The van der Waals surface area contributed by atoms with E-state index in [9.17, 15) is 9.90 Å². The number of benzene rings is 1. The lowest BCUT2D eigenvalue weighted by Crippen LogP contribution is -2.09. The van der Waals surface area contributed by atoms with Gasteiger partial charge < -0.3 is 14.3 Å². The van der Waals surface area contributed by atoms with Gasteiger partial charge in [-0.05, 0) is 57.4 Å². The van der Waals surface area contributed by atoms with Crippen LogP contribution in [0.2, 0.25) is 0 Å². The lowest BCUT2D eigenvalue weighted by molar-refractivity contribution is 0.212. The Morgan fingerprint density at radius 2 is 2.04 bits per heavy atom. The first-order chi connectivity index (χ1) is 11.4. The van der Waals surface area contributed by atoms with Crippen LogP contribution in [0, 0.1) is 6.92 Å². The van der Waals surface area contributed by atoms with E-state index >= 15 is 0 Å². The minimum Gasteiger partial charge on any atom is -0.488 e. The van der Waals surface area contributed by atoms with Crippen molar-refractivity contribution in [2.24, 2.45) is 0 Å². The summed E-state index contributed by atoms with van der Waals surface area (Å²) in [5.74, 6) is 0.502. The molecule has 128 valence electrons. The van der Waals surface area contributed by atoms with Crippen LogP contribution >= 0.6 is 0 Å². The van der Waals surface area contributed by atoms with Gasteiger partial charge in [0.2, 0.25) is 0 Å². The number of rotatable bonds is 6. The first kappa shape index (κ1) is 18.0. The van der Waals surface area contributed by atoms with E-state index < -0.39 is 11.7 Å². The fourth-order valence-corrected chi connectivity index (χ4v) is 2.40. The van der Waals surface area contributed by atoms with Crippen LogP contribution < -0.4 is 10.4 Å². The molecule has 0 saturated heterocycles. The summed E-state index contributed by atoms with van der Waals surface area (Å²) in [7, 11) is 0. The summed E-state index contributed by atoms with van der Waals surface area (Å²) in [6.45, 7) is 8.10. The molecule has 1 aromatic carbocycles. The van der Waals surface area contributed by atoms with Crippen LogP contribution in [0.1, 0.15) is 32.8 Å². The lowest BCUT2D eigenvalue weighted by atomic mass is 10.1. The second-order valence-corrected chi connectivity index (χ2v) is 6.17. The van der Waals surface area contributed by atoms with Crippen molar-refractivity contribution in [1.82, 2.24) is 0 Å². The maximum atomic E-state index is 11.7. The second kappa shape index (κ2) is 7.97. The molecule has 0 bridgehead atoms. The smallest absolute Gasteiger partial charge is 0.339 e. The number of aryl methyl sites for hydroxylation is 1. The molecule has 24 heavy (non-hydrogen) atoms. The molecule has 1 aromatic heterocycles. The molecule has 0 aliphatic heterocycles. The van der Waals surface area contributed by atoms with E-state index in [1.54, 1.807) is 6.07 Å². The number of hydrogen-bond donors (Lipinski definition) is 1. The van der Waals surface area contributed by atoms with E-state index in [4.69, 9.17) is 9.15 Å². The molecule has 0 fully saturated rings. The molecular weight excluding hydrogens is 304 g/mol. The second-order valence-electron chi connectivity index (χ2n) is 6.17. The van der Waals surface area contributed by atoms with Gasteiger partial charge in [-0.2, -0.15) is 0 Å². The average Bonchev–Trinajstić information content (AvgIpc) is 2.51. The van der Waals surface area contributed by atoms with Crippen molar-refractivity contribution < 1.29 is 14.3 Å². The monoisotopic (exact) mass is 328 g/mol. The number of ether oxygens (including phenoxy) is 1. The first-order valence-electron chi connectivity index (χ1n) is 8.03. The van der Waals surface area contributed by atoms with Crippen LogP contribution in [0.5, 0.6) is 5.75 Å². The average molecular weight is 328 g/mol. The summed E-state index contributed by atoms with van der Waals surface area (Å²) in [6, 6.07) is 6.90. The van der Waals surface area contributed by atoms with Gasteiger partial charge >= 0.3 is 5.63 Å². The predicted molar refractivity (Wildman–Crippen MR) is 96.5 cm³/mol. The van der Waals surface area contributed by atoms with Crippen molar-refractivity contribution in [2.45, 2.75) is 40.2 Å². The third-order valence-corrected chi connectivity index (χ3v) is 3.86. The Morgan fingerprint density at radius 1 is 1.29 bits per heavy atom. The molecule has 0 unspecified atom stereocenters. The molecular formula is C20H24O4. The van der Waals surface area contributed by atoms with Crippen molar-refractivity contribution in [3.05, 3.63) is 63.5 Å². The van der Waals surface area contributed by atoms with Crippen molar-refractivity contribution in [1.29, 1.82) is 0 Å². The standard InChI is InChI=1S/C20H24O4/c1-13(2)8-9-16(21)14(3)10-11-23-18-12-19(22)24-17-7-5-6-15(4)20(17)18/h5-8,10,12,16,21H,9,11H2,1-4H3/b14-10+/t16-/m1/s1. The van der Waals surface area contributed by atoms with Crippen LogP contribution in [-0.4, -0.2) is 17.8 Å². The van der Waals surface area contributed by atoms with E-state index in [0.717, 1.165) is 16.5 Å². The minimum atomic E-state index is -0.525. The molecule has 4 heteroatoms. The molecule has 4 nitrogen and oxygen atoms in total. The normalized spacial score (nSPS) is 13.0. The molecule has 1 atom stereocenters. The minimum absolute atomic E-state index is 0.282. The molecule has 0 aliphatic carbocycles. The van der Waals surface area contributed by atoms with E-state index in [1.807, 2.05) is 52.0 Å². The van der Waals surface area contributed by atoms with Crippen LogP contribution in [0.25, 0.3) is 11.0 Å². The van der Waals surface area contributed by atoms with Crippen LogP contribution in [0.15, 0.2) is 56.8 Å². The highest BCUT2D eigenvalue weighted by molar-refractivity contribution is 5.86. The first-order valence-corrected chi connectivity index (χ1v) is 8.03. The Hall–Kier alpha value is -2.33. The Bertz CT molecular complexity index is 823. The Kier molecular flexibility index (Phi) is 5.99. The number of allylic oxidation sites excluding steroid dienone is 1. The molecule has 2 aromatic rings. The van der Waals surface area contributed by atoms with E-state index in [0.29, 0.717) is 17.8 Å². The van der Waals surface area contributed by atoms with Gasteiger partial charge in [-0.3, -0.25) is 0 Å². The Labute approximate surface area is 142 Å². The third kappa shape index (κ3) is 4.59. The lowest BCUT2D eigenvalue weighted by Gasteiger charge is -2.11. The molecule has 1 heterocycles. The molecule has 0 amide bonds. The fourth-order valence-electron chi connectivity index (χ4n) is 2.40. The zero-order chi connectivity index (χ0) is 17.7. The highest BCUT2D eigenvalue weighted by Crippen LogP contribution is 2.27. The van der Waals surface area contributed by atoms with Gasteiger partial charge in [-0.15, -0.1) is 0 Å². The van der Waals surface area contributed by atoms with Gasteiger partial charge in [0, 0.05) is 0 Å². The highest BCUT2D eigenvalue weighted by Gasteiger charge is 2.09. The third-order valence-electron chi connectivity index (χ3n) is 3.86. The largest absolute Gasteiger partial charge is 0.488 e. The predicted octanol–water partition coefficient (Wildman–Crippen LogP) is 4.14. The molecule has 0 spiro atoms. The van der Waals surface area contributed by atoms with E-state index in [2.05, 4.69) is 0 Å².